The summed E-state index contributed by atoms with van der Waals surface area (Å²) in [5.74, 6) is -1.94. The average Bonchev–Trinajstić information content (AvgIpc) is 2.38. The van der Waals surface area contributed by atoms with E-state index < -0.39 is 17.5 Å². The van der Waals surface area contributed by atoms with Crippen molar-refractivity contribution in [1.29, 1.82) is 0 Å². The molecule has 0 bridgehead atoms. The van der Waals surface area contributed by atoms with Crippen molar-refractivity contribution >= 4 is 33.2 Å². The molecule has 2 aromatic carbocycles. The van der Waals surface area contributed by atoms with Gasteiger partial charge in [0.25, 0.3) is 5.91 Å². The first kappa shape index (κ1) is 14.5. The number of nitrogens with two attached hydrogens (primary N) is 1. The molecule has 2 rings (SSSR count). The zero-order valence-electron chi connectivity index (χ0n) is 10.5. The lowest BCUT2D eigenvalue weighted by Gasteiger charge is -2.10. The van der Waals surface area contributed by atoms with E-state index in [2.05, 4.69) is 21.2 Å². The Kier molecular flexibility index (Phi) is 4.04. The molecule has 0 heterocycles. The van der Waals surface area contributed by atoms with E-state index >= 15 is 0 Å². The molecule has 0 spiro atoms. The summed E-state index contributed by atoms with van der Waals surface area (Å²) < 4.78 is 27.0. The smallest absolute Gasteiger partial charge is 0.256 e. The Morgan fingerprint density at radius 2 is 1.90 bits per heavy atom. The molecule has 0 radical (unpaired) electrons. The van der Waals surface area contributed by atoms with Gasteiger partial charge in [0.2, 0.25) is 0 Å². The second-order valence-electron chi connectivity index (χ2n) is 4.27. The highest BCUT2D eigenvalue weighted by Crippen LogP contribution is 2.24. The number of aryl methyl sites for hydroxylation is 1. The van der Waals surface area contributed by atoms with Crippen LogP contribution in [0.1, 0.15) is 15.9 Å². The minimum atomic E-state index is -0.729. The summed E-state index contributed by atoms with van der Waals surface area (Å²) in [5.41, 5.74) is 6.81. The largest absolute Gasteiger partial charge is 0.399 e. The molecule has 0 atom stereocenters. The summed E-state index contributed by atoms with van der Waals surface area (Å²) in [7, 11) is 0. The van der Waals surface area contributed by atoms with E-state index in [9.17, 15) is 13.6 Å². The van der Waals surface area contributed by atoms with Gasteiger partial charge in [0.1, 0.15) is 11.6 Å². The second-order valence-corrected chi connectivity index (χ2v) is 5.13. The normalized spacial score (nSPS) is 10.4. The molecule has 0 saturated carbocycles. The Hall–Kier alpha value is -1.95. The number of nitrogens with one attached hydrogen (secondary N) is 1. The summed E-state index contributed by atoms with van der Waals surface area (Å²) in [6.45, 7) is 1.73. The molecule has 2 aromatic rings. The molecule has 0 saturated heterocycles. The van der Waals surface area contributed by atoms with Crippen molar-refractivity contribution in [3.05, 3.63) is 57.6 Å². The van der Waals surface area contributed by atoms with Crippen LogP contribution in [0.5, 0.6) is 0 Å². The highest BCUT2D eigenvalue weighted by atomic mass is 79.9. The topological polar surface area (TPSA) is 55.1 Å². The Morgan fingerprint density at radius 1 is 1.20 bits per heavy atom. The van der Waals surface area contributed by atoms with E-state index in [4.69, 9.17) is 5.73 Å². The van der Waals surface area contributed by atoms with Crippen LogP contribution in [-0.2, 0) is 0 Å². The molecule has 104 valence electrons. The van der Waals surface area contributed by atoms with Crippen molar-refractivity contribution < 1.29 is 13.6 Å². The molecule has 0 unspecified atom stereocenters. The number of halogens is 3. The number of anilines is 2. The molecular formula is C14H11BrF2N2O. The zero-order chi connectivity index (χ0) is 14.9. The molecule has 0 aliphatic rings. The molecule has 20 heavy (non-hydrogen) atoms. The quantitative estimate of drug-likeness (QED) is 0.644. The summed E-state index contributed by atoms with van der Waals surface area (Å²) >= 11 is 2.87. The molecule has 0 fully saturated rings. The minimum Gasteiger partial charge on any atom is -0.399 e. The number of amides is 1. The van der Waals surface area contributed by atoms with Crippen molar-refractivity contribution in [2.24, 2.45) is 0 Å². The number of carbonyl (C=O) groups is 1. The fourth-order valence-electron chi connectivity index (χ4n) is 1.69. The molecule has 6 heteroatoms. The van der Waals surface area contributed by atoms with Crippen LogP contribution in [0, 0.1) is 18.6 Å². The first-order chi connectivity index (χ1) is 9.38. The predicted molar refractivity (Wildman–Crippen MR) is 77.6 cm³/mol. The average molecular weight is 341 g/mol. The van der Waals surface area contributed by atoms with E-state index in [1.165, 1.54) is 6.07 Å². The number of rotatable bonds is 2. The molecular weight excluding hydrogens is 330 g/mol. The third-order valence-corrected chi connectivity index (χ3v) is 3.37. The zero-order valence-corrected chi connectivity index (χ0v) is 12.1. The standard InChI is InChI=1S/C14H11BrF2N2O/c1-7-2-3-8(18)4-9(7)14(20)19-13-6-11(16)10(15)5-12(13)17/h2-6H,18H2,1H3,(H,19,20). The maximum absolute atomic E-state index is 13.7. The van der Waals surface area contributed by atoms with Gasteiger partial charge in [0.05, 0.1) is 10.2 Å². The van der Waals surface area contributed by atoms with Crippen molar-refractivity contribution in [2.45, 2.75) is 6.92 Å². The van der Waals surface area contributed by atoms with Gasteiger partial charge in [-0.1, -0.05) is 6.07 Å². The lowest BCUT2D eigenvalue weighted by molar-refractivity contribution is 0.102. The highest BCUT2D eigenvalue weighted by Gasteiger charge is 2.14. The van der Waals surface area contributed by atoms with Crippen LogP contribution in [0.2, 0.25) is 0 Å². The van der Waals surface area contributed by atoms with E-state index in [1.54, 1.807) is 19.1 Å². The molecule has 0 aliphatic heterocycles. The Bertz CT molecular complexity index is 689. The van der Waals surface area contributed by atoms with Crippen LogP contribution in [0.3, 0.4) is 0 Å². The van der Waals surface area contributed by atoms with Gasteiger partial charge in [-0.05, 0) is 46.6 Å². The van der Waals surface area contributed by atoms with Crippen molar-refractivity contribution in [3.8, 4) is 0 Å². The van der Waals surface area contributed by atoms with E-state index in [1.807, 2.05) is 0 Å². The number of hydrogen-bond acceptors (Lipinski definition) is 2. The lowest BCUT2D eigenvalue weighted by atomic mass is 10.1. The van der Waals surface area contributed by atoms with E-state index in [0.29, 0.717) is 16.8 Å². The highest BCUT2D eigenvalue weighted by molar-refractivity contribution is 9.10. The van der Waals surface area contributed by atoms with Gasteiger partial charge in [-0.2, -0.15) is 0 Å². The monoisotopic (exact) mass is 340 g/mol. The Morgan fingerprint density at radius 3 is 2.60 bits per heavy atom. The first-order valence-electron chi connectivity index (χ1n) is 5.70. The maximum Gasteiger partial charge on any atom is 0.256 e. The van der Waals surface area contributed by atoms with Crippen molar-refractivity contribution in [2.75, 3.05) is 11.1 Å². The summed E-state index contributed by atoms with van der Waals surface area (Å²) in [5, 5.41) is 2.33. The first-order valence-corrected chi connectivity index (χ1v) is 6.50. The van der Waals surface area contributed by atoms with Crippen LogP contribution >= 0.6 is 15.9 Å². The van der Waals surface area contributed by atoms with Crippen LogP contribution < -0.4 is 11.1 Å². The second kappa shape index (κ2) is 5.58. The summed E-state index contributed by atoms with van der Waals surface area (Å²) in [6, 6.07) is 6.70. The fraction of sp³-hybridized carbons (Fsp3) is 0.0714. The van der Waals surface area contributed by atoms with Crippen LogP contribution in [0.4, 0.5) is 20.2 Å². The van der Waals surface area contributed by atoms with Gasteiger partial charge in [0, 0.05) is 17.3 Å². The fourth-order valence-corrected chi connectivity index (χ4v) is 2.01. The lowest BCUT2D eigenvalue weighted by Crippen LogP contribution is -2.15. The van der Waals surface area contributed by atoms with Gasteiger partial charge in [-0.15, -0.1) is 0 Å². The van der Waals surface area contributed by atoms with Gasteiger partial charge in [-0.25, -0.2) is 8.78 Å². The molecule has 3 N–H and O–H groups in total. The number of carbonyl (C=O) groups excluding carboxylic acids is 1. The number of benzene rings is 2. The van der Waals surface area contributed by atoms with Crippen LogP contribution in [0.25, 0.3) is 0 Å². The maximum atomic E-state index is 13.7. The summed E-state index contributed by atoms with van der Waals surface area (Å²) in [4.78, 5) is 12.1. The van der Waals surface area contributed by atoms with Crippen molar-refractivity contribution in [3.63, 3.8) is 0 Å². The molecule has 3 nitrogen and oxygen atoms in total. The molecule has 0 aromatic heterocycles. The third kappa shape index (κ3) is 2.96. The molecule has 0 aliphatic carbocycles. The van der Waals surface area contributed by atoms with Crippen molar-refractivity contribution in [1.82, 2.24) is 0 Å². The SMILES string of the molecule is Cc1ccc(N)cc1C(=O)Nc1cc(F)c(Br)cc1F. The Balaban J connectivity index is 2.32. The summed E-state index contributed by atoms with van der Waals surface area (Å²) in [6.07, 6.45) is 0. The number of hydrogen-bond donors (Lipinski definition) is 2. The van der Waals surface area contributed by atoms with Gasteiger partial charge >= 0.3 is 0 Å². The van der Waals surface area contributed by atoms with E-state index in [-0.39, 0.29) is 10.2 Å². The van der Waals surface area contributed by atoms with Crippen LogP contribution in [0.15, 0.2) is 34.8 Å². The Labute approximate surface area is 122 Å². The van der Waals surface area contributed by atoms with Crippen LogP contribution in [-0.4, -0.2) is 5.91 Å². The van der Waals surface area contributed by atoms with Gasteiger partial charge in [0.15, 0.2) is 0 Å². The van der Waals surface area contributed by atoms with Gasteiger partial charge < -0.3 is 11.1 Å². The van der Waals surface area contributed by atoms with Gasteiger partial charge in [-0.3, -0.25) is 4.79 Å². The minimum absolute atomic E-state index is 0.00636. The number of nitrogen functional groups attached to an aromatic ring is 1. The third-order valence-electron chi connectivity index (χ3n) is 2.76. The predicted octanol–water partition coefficient (Wildman–Crippen LogP) is 3.87. The van der Waals surface area contributed by atoms with E-state index in [0.717, 1.165) is 12.1 Å². The molecule has 1 amide bonds.